The van der Waals surface area contributed by atoms with Gasteiger partial charge in [-0.1, -0.05) is 12.1 Å². The Hall–Kier alpha value is -3.09. The van der Waals surface area contributed by atoms with Crippen molar-refractivity contribution in [3.8, 4) is 0 Å². The minimum absolute atomic E-state index is 0.102. The molecule has 1 atom stereocenters. The molecule has 3 rings (SSSR count). The Kier molecular flexibility index (Phi) is 6.13. The molecular formula is C21H25FN4O2. The van der Waals surface area contributed by atoms with Crippen molar-refractivity contribution in [1.82, 2.24) is 10.2 Å². The zero-order chi connectivity index (χ0) is 20.1. The molecule has 2 aromatic carbocycles. The van der Waals surface area contributed by atoms with E-state index in [0.29, 0.717) is 18.3 Å². The molecule has 1 unspecified atom stereocenters. The summed E-state index contributed by atoms with van der Waals surface area (Å²) in [5, 5.41) is 8.79. The molecule has 7 heteroatoms. The summed E-state index contributed by atoms with van der Waals surface area (Å²) in [4.78, 5) is 25.9. The second-order valence-electron chi connectivity index (χ2n) is 7.14. The van der Waals surface area contributed by atoms with Gasteiger partial charge in [-0.2, -0.15) is 0 Å². The highest BCUT2D eigenvalue weighted by Crippen LogP contribution is 2.19. The largest absolute Gasteiger partial charge is 0.374 e. The van der Waals surface area contributed by atoms with Gasteiger partial charge < -0.3 is 20.9 Å². The number of halogens is 1. The molecule has 1 fully saturated rings. The van der Waals surface area contributed by atoms with Crippen molar-refractivity contribution >= 4 is 23.3 Å². The first-order valence-corrected chi connectivity index (χ1v) is 9.34. The van der Waals surface area contributed by atoms with Crippen LogP contribution in [0.15, 0.2) is 48.5 Å². The van der Waals surface area contributed by atoms with E-state index in [-0.39, 0.29) is 17.8 Å². The average Bonchev–Trinajstić information content (AvgIpc) is 3.46. The van der Waals surface area contributed by atoms with Crippen LogP contribution in [-0.2, 0) is 11.3 Å². The molecule has 0 bridgehead atoms. The zero-order valence-corrected chi connectivity index (χ0v) is 16.0. The van der Waals surface area contributed by atoms with Gasteiger partial charge in [0.2, 0.25) is 5.91 Å². The summed E-state index contributed by atoms with van der Waals surface area (Å²) in [6.45, 7) is 2.11. The van der Waals surface area contributed by atoms with E-state index in [1.54, 1.807) is 43.1 Å². The van der Waals surface area contributed by atoms with Gasteiger partial charge in [-0.15, -0.1) is 0 Å². The van der Waals surface area contributed by atoms with Crippen LogP contribution in [0, 0.1) is 5.82 Å². The van der Waals surface area contributed by atoms with Gasteiger partial charge in [0.1, 0.15) is 11.9 Å². The topological polar surface area (TPSA) is 73.5 Å². The van der Waals surface area contributed by atoms with Crippen molar-refractivity contribution in [3.63, 3.8) is 0 Å². The standard InChI is InChI=1S/C21H25FN4O2/c1-14(20(27)26(2)13-15-4-3-5-16(22)12-15)23-17-6-8-18(9-7-17)24-21(28)25-19-10-11-19/h3-9,12,14,19,23H,10-11,13H2,1-2H3,(H2,24,25,28). The quantitative estimate of drug-likeness (QED) is 0.683. The molecular weight excluding hydrogens is 359 g/mol. The molecule has 2 aromatic rings. The number of rotatable bonds is 7. The van der Waals surface area contributed by atoms with Crippen LogP contribution in [0.2, 0.25) is 0 Å². The lowest BCUT2D eigenvalue weighted by atomic mass is 10.2. The molecule has 0 saturated heterocycles. The molecule has 148 valence electrons. The Bertz CT molecular complexity index is 837. The van der Waals surface area contributed by atoms with E-state index in [1.165, 1.54) is 12.1 Å². The van der Waals surface area contributed by atoms with Crippen LogP contribution in [0.1, 0.15) is 25.3 Å². The Labute approximate surface area is 164 Å². The number of anilines is 2. The van der Waals surface area contributed by atoms with Crippen LogP contribution in [0.4, 0.5) is 20.6 Å². The van der Waals surface area contributed by atoms with E-state index >= 15 is 0 Å². The predicted octanol–water partition coefficient (Wildman–Crippen LogP) is 3.57. The number of carbonyl (C=O) groups excluding carboxylic acids is 2. The van der Waals surface area contributed by atoms with Crippen molar-refractivity contribution in [3.05, 3.63) is 59.9 Å². The van der Waals surface area contributed by atoms with Crippen LogP contribution in [0.5, 0.6) is 0 Å². The first kappa shape index (κ1) is 19.7. The maximum Gasteiger partial charge on any atom is 0.319 e. The van der Waals surface area contributed by atoms with Crippen molar-refractivity contribution < 1.29 is 14.0 Å². The van der Waals surface area contributed by atoms with E-state index in [9.17, 15) is 14.0 Å². The normalized spacial score (nSPS) is 14.1. The van der Waals surface area contributed by atoms with Gasteiger partial charge in [-0.25, -0.2) is 9.18 Å². The predicted molar refractivity (Wildman–Crippen MR) is 108 cm³/mol. The van der Waals surface area contributed by atoms with Crippen LogP contribution in [-0.4, -0.2) is 36.0 Å². The van der Waals surface area contributed by atoms with Crippen LogP contribution >= 0.6 is 0 Å². The fourth-order valence-corrected chi connectivity index (χ4v) is 2.86. The highest BCUT2D eigenvalue weighted by Gasteiger charge is 2.23. The minimum Gasteiger partial charge on any atom is -0.374 e. The number of hydrogen-bond acceptors (Lipinski definition) is 3. The van der Waals surface area contributed by atoms with Crippen molar-refractivity contribution in [2.45, 2.75) is 38.4 Å². The number of benzene rings is 2. The van der Waals surface area contributed by atoms with Gasteiger partial charge in [0.25, 0.3) is 0 Å². The summed E-state index contributed by atoms with van der Waals surface area (Å²) in [6, 6.07) is 13.0. The molecule has 0 radical (unpaired) electrons. The van der Waals surface area contributed by atoms with Gasteiger partial charge in [-0.05, 0) is 61.7 Å². The average molecular weight is 384 g/mol. The lowest BCUT2D eigenvalue weighted by Crippen LogP contribution is -2.38. The zero-order valence-electron chi connectivity index (χ0n) is 16.0. The van der Waals surface area contributed by atoms with Crippen LogP contribution in [0.25, 0.3) is 0 Å². The van der Waals surface area contributed by atoms with Gasteiger partial charge in [0, 0.05) is 31.0 Å². The van der Waals surface area contributed by atoms with Crippen molar-refractivity contribution in [2.24, 2.45) is 0 Å². The summed E-state index contributed by atoms with van der Waals surface area (Å²) in [5.74, 6) is -0.417. The highest BCUT2D eigenvalue weighted by molar-refractivity contribution is 5.90. The SMILES string of the molecule is CC(Nc1ccc(NC(=O)NC2CC2)cc1)C(=O)N(C)Cc1cccc(F)c1. The Morgan fingerprint density at radius 2 is 1.82 bits per heavy atom. The van der Waals surface area contributed by atoms with E-state index in [4.69, 9.17) is 0 Å². The Morgan fingerprint density at radius 1 is 1.14 bits per heavy atom. The second kappa shape index (κ2) is 8.73. The van der Waals surface area contributed by atoms with Crippen LogP contribution in [0.3, 0.4) is 0 Å². The van der Waals surface area contributed by atoms with Crippen molar-refractivity contribution in [2.75, 3.05) is 17.7 Å². The van der Waals surface area contributed by atoms with E-state index in [0.717, 1.165) is 24.1 Å². The number of nitrogens with zero attached hydrogens (tertiary/aromatic N) is 1. The van der Waals surface area contributed by atoms with Gasteiger partial charge in [-0.3, -0.25) is 4.79 Å². The Balaban J connectivity index is 1.50. The molecule has 3 N–H and O–H groups in total. The number of urea groups is 1. The molecule has 6 nitrogen and oxygen atoms in total. The summed E-state index contributed by atoms with van der Waals surface area (Å²) < 4.78 is 13.3. The summed E-state index contributed by atoms with van der Waals surface area (Å²) in [6.07, 6.45) is 2.08. The van der Waals surface area contributed by atoms with E-state index in [1.807, 2.05) is 12.1 Å². The number of likely N-dealkylation sites (N-methyl/N-ethyl adjacent to an activating group) is 1. The van der Waals surface area contributed by atoms with Crippen molar-refractivity contribution in [1.29, 1.82) is 0 Å². The molecule has 0 aliphatic heterocycles. The molecule has 0 aromatic heterocycles. The first-order valence-electron chi connectivity index (χ1n) is 9.34. The van der Waals surface area contributed by atoms with Crippen LogP contribution < -0.4 is 16.0 Å². The highest BCUT2D eigenvalue weighted by atomic mass is 19.1. The fourth-order valence-electron chi connectivity index (χ4n) is 2.86. The lowest BCUT2D eigenvalue weighted by Gasteiger charge is -2.23. The second-order valence-corrected chi connectivity index (χ2v) is 7.14. The summed E-state index contributed by atoms with van der Waals surface area (Å²) in [7, 11) is 1.69. The van der Waals surface area contributed by atoms with Gasteiger partial charge in [0.05, 0.1) is 0 Å². The number of amides is 3. The number of hydrogen-bond donors (Lipinski definition) is 3. The third-order valence-corrected chi connectivity index (χ3v) is 4.49. The molecule has 0 spiro atoms. The maximum absolute atomic E-state index is 13.3. The summed E-state index contributed by atoms with van der Waals surface area (Å²) in [5.41, 5.74) is 2.20. The number of carbonyl (C=O) groups is 2. The fraction of sp³-hybridized carbons (Fsp3) is 0.333. The third kappa shape index (κ3) is 5.70. The van der Waals surface area contributed by atoms with E-state index in [2.05, 4.69) is 16.0 Å². The lowest BCUT2D eigenvalue weighted by molar-refractivity contribution is -0.130. The molecule has 3 amide bonds. The molecule has 1 aliphatic carbocycles. The maximum atomic E-state index is 13.3. The molecule has 0 heterocycles. The molecule has 1 saturated carbocycles. The van der Waals surface area contributed by atoms with Gasteiger partial charge >= 0.3 is 6.03 Å². The smallest absolute Gasteiger partial charge is 0.319 e. The summed E-state index contributed by atoms with van der Waals surface area (Å²) >= 11 is 0. The van der Waals surface area contributed by atoms with Gasteiger partial charge in [0.15, 0.2) is 0 Å². The minimum atomic E-state index is -0.449. The third-order valence-electron chi connectivity index (χ3n) is 4.49. The molecule has 1 aliphatic rings. The number of nitrogens with one attached hydrogen (secondary N) is 3. The van der Waals surface area contributed by atoms with E-state index < -0.39 is 6.04 Å². The molecule has 28 heavy (non-hydrogen) atoms. The Morgan fingerprint density at radius 3 is 2.46 bits per heavy atom. The monoisotopic (exact) mass is 384 g/mol. The first-order chi connectivity index (χ1) is 13.4.